The van der Waals surface area contributed by atoms with Crippen LogP contribution in [0.3, 0.4) is 0 Å². The second-order valence-corrected chi connectivity index (χ2v) is 6.16. The van der Waals surface area contributed by atoms with Crippen LogP contribution in [0.2, 0.25) is 0 Å². The molecule has 0 radical (unpaired) electrons. The molecule has 0 spiro atoms. The molecular formula is C18H25NO2. The summed E-state index contributed by atoms with van der Waals surface area (Å²) in [6, 6.07) is 8.22. The fourth-order valence-electron chi connectivity index (χ4n) is 3.45. The first kappa shape index (κ1) is 15.6. The number of likely N-dealkylation sites (tertiary alicyclic amines) is 1. The Morgan fingerprint density at radius 1 is 1.38 bits per heavy atom. The molecule has 1 amide bonds. The van der Waals surface area contributed by atoms with Gasteiger partial charge in [-0.3, -0.25) is 4.79 Å². The predicted molar refractivity (Wildman–Crippen MR) is 85.4 cm³/mol. The van der Waals surface area contributed by atoms with Crippen LogP contribution in [0.4, 0.5) is 0 Å². The van der Waals surface area contributed by atoms with Crippen LogP contribution in [-0.2, 0) is 11.2 Å². The third-order valence-corrected chi connectivity index (χ3v) is 4.79. The van der Waals surface area contributed by atoms with Crippen molar-refractivity contribution in [3.63, 3.8) is 0 Å². The molecule has 0 aliphatic carbocycles. The van der Waals surface area contributed by atoms with E-state index in [1.165, 1.54) is 5.57 Å². The number of rotatable bonds is 4. The molecule has 21 heavy (non-hydrogen) atoms. The van der Waals surface area contributed by atoms with Crippen LogP contribution in [0.5, 0.6) is 5.75 Å². The molecule has 1 saturated heterocycles. The van der Waals surface area contributed by atoms with Gasteiger partial charge in [0.1, 0.15) is 5.75 Å². The lowest BCUT2D eigenvalue weighted by molar-refractivity contribution is -0.123. The third-order valence-electron chi connectivity index (χ3n) is 4.79. The van der Waals surface area contributed by atoms with Crippen molar-refractivity contribution in [2.45, 2.75) is 39.7 Å². The molecule has 1 aliphatic heterocycles. The number of para-hydroxylation sites is 1. The minimum Gasteiger partial charge on any atom is -0.496 e. The van der Waals surface area contributed by atoms with Gasteiger partial charge in [0.25, 0.3) is 0 Å². The van der Waals surface area contributed by atoms with E-state index in [1.807, 2.05) is 23.1 Å². The van der Waals surface area contributed by atoms with Crippen LogP contribution in [0.1, 0.15) is 32.8 Å². The fraction of sp³-hybridized carbons (Fsp3) is 0.500. The zero-order valence-electron chi connectivity index (χ0n) is 13.4. The number of carbonyl (C=O) groups is 1. The van der Waals surface area contributed by atoms with E-state index in [2.05, 4.69) is 32.9 Å². The molecule has 3 heteroatoms. The van der Waals surface area contributed by atoms with E-state index >= 15 is 0 Å². The highest BCUT2D eigenvalue weighted by atomic mass is 16.5. The Kier molecular flexibility index (Phi) is 4.71. The molecule has 1 aromatic carbocycles. The van der Waals surface area contributed by atoms with Crippen molar-refractivity contribution in [3.05, 3.63) is 41.5 Å². The van der Waals surface area contributed by atoms with Crippen molar-refractivity contribution >= 4 is 6.41 Å². The van der Waals surface area contributed by atoms with E-state index < -0.39 is 0 Å². The summed E-state index contributed by atoms with van der Waals surface area (Å²) in [5, 5.41) is 0. The molecule has 1 fully saturated rings. The van der Waals surface area contributed by atoms with E-state index in [1.54, 1.807) is 7.11 Å². The topological polar surface area (TPSA) is 29.5 Å². The summed E-state index contributed by atoms with van der Waals surface area (Å²) in [4.78, 5) is 13.4. The standard InChI is InChI=1S/C18H25NO2/c1-5-15-10-11-19(13-20)17(18(15,2)3)12-14-8-6-7-9-16(14)21-4/h5-9,13,17H,10-12H2,1-4H3/t17-/m1/s1. The molecule has 1 aromatic rings. The molecular weight excluding hydrogens is 262 g/mol. The molecule has 0 bridgehead atoms. The second kappa shape index (κ2) is 6.33. The summed E-state index contributed by atoms with van der Waals surface area (Å²) in [7, 11) is 1.69. The quantitative estimate of drug-likeness (QED) is 0.627. The number of piperidine rings is 1. The molecule has 1 atom stereocenters. The zero-order chi connectivity index (χ0) is 15.5. The summed E-state index contributed by atoms with van der Waals surface area (Å²) in [5.74, 6) is 0.895. The summed E-state index contributed by atoms with van der Waals surface area (Å²) in [6.45, 7) is 7.36. The monoisotopic (exact) mass is 287 g/mol. The van der Waals surface area contributed by atoms with Gasteiger partial charge in [-0.05, 0) is 31.4 Å². The number of allylic oxidation sites excluding steroid dienone is 1. The van der Waals surface area contributed by atoms with E-state index in [-0.39, 0.29) is 11.5 Å². The molecule has 1 aliphatic rings. The van der Waals surface area contributed by atoms with Gasteiger partial charge in [0.15, 0.2) is 0 Å². The van der Waals surface area contributed by atoms with Crippen LogP contribution in [0, 0.1) is 5.41 Å². The van der Waals surface area contributed by atoms with Gasteiger partial charge < -0.3 is 9.64 Å². The SMILES string of the molecule is CC=C1CCN(C=O)[C@H](Cc2ccccc2OC)C1(C)C. The highest BCUT2D eigenvalue weighted by Crippen LogP contribution is 2.41. The van der Waals surface area contributed by atoms with Crippen LogP contribution in [-0.4, -0.2) is 31.0 Å². The van der Waals surface area contributed by atoms with E-state index in [4.69, 9.17) is 4.74 Å². The van der Waals surface area contributed by atoms with Gasteiger partial charge in [0.05, 0.1) is 7.11 Å². The van der Waals surface area contributed by atoms with E-state index in [0.717, 1.165) is 37.1 Å². The van der Waals surface area contributed by atoms with Gasteiger partial charge in [0, 0.05) is 18.0 Å². The number of hydrogen-bond donors (Lipinski definition) is 0. The molecule has 0 unspecified atom stereocenters. The van der Waals surface area contributed by atoms with Crippen molar-refractivity contribution in [3.8, 4) is 5.75 Å². The second-order valence-electron chi connectivity index (χ2n) is 6.16. The van der Waals surface area contributed by atoms with Gasteiger partial charge in [-0.15, -0.1) is 0 Å². The normalized spacial score (nSPS) is 23.1. The van der Waals surface area contributed by atoms with Gasteiger partial charge in [-0.25, -0.2) is 0 Å². The van der Waals surface area contributed by atoms with Crippen molar-refractivity contribution in [1.29, 1.82) is 0 Å². The first-order chi connectivity index (χ1) is 10.0. The van der Waals surface area contributed by atoms with Gasteiger partial charge in [0.2, 0.25) is 6.41 Å². The van der Waals surface area contributed by atoms with Crippen LogP contribution in [0.15, 0.2) is 35.9 Å². The molecule has 0 N–H and O–H groups in total. The molecule has 1 heterocycles. The average Bonchev–Trinajstić information content (AvgIpc) is 2.49. The summed E-state index contributed by atoms with van der Waals surface area (Å²) in [6.07, 6.45) is 4.98. The first-order valence-corrected chi connectivity index (χ1v) is 7.53. The maximum Gasteiger partial charge on any atom is 0.210 e. The van der Waals surface area contributed by atoms with Gasteiger partial charge in [-0.1, -0.05) is 43.7 Å². The van der Waals surface area contributed by atoms with Crippen molar-refractivity contribution in [2.24, 2.45) is 5.41 Å². The lowest BCUT2D eigenvalue weighted by atomic mass is 9.70. The van der Waals surface area contributed by atoms with Crippen molar-refractivity contribution in [1.82, 2.24) is 4.90 Å². The predicted octanol–water partition coefficient (Wildman–Crippen LogP) is 3.44. The fourth-order valence-corrected chi connectivity index (χ4v) is 3.45. The number of amides is 1. The van der Waals surface area contributed by atoms with Gasteiger partial charge in [-0.2, -0.15) is 0 Å². The first-order valence-electron chi connectivity index (χ1n) is 7.53. The Morgan fingerprint density at radius 3 is 2.71 bits per heavy atom. The van der Waals surface area contributed by atoms with Crippen molar-refractivity contribution in [2.75, 3.05) is 13.7 Å². The molecule has 3 nitrogen and oxygen atoms in total. The number of benzene rings is 1. The summed E-state index contributed by atoms with van der Waals surface area (Å²) in [5.41, 5.74) is 2.57. The maximum atomic E-state index is 11.5. The Bertz CT molecular complexity index is 534. The van der Waals surface area contributed by atoms with E-state index in [9.17, 15) is 4.79 Å². The van der Waals surface area contributed by atoms with Crippen LogP contribution < -0.4 is 4.74 Å². The number of nitrogens with zero attached hydrogens (tertiary/aromatic N) is 1. The summed E-state index contributed by atoms with van der Waals surface area (Å²) >= 11 is 0. The molecule has 0 saturated carbocycles. The average molecular weight is 287 g/mol. The Morgan fingerprint density at radius 2 is 2.10 bits per heavy atom. The largest absolute Gasteiger partial charge is 0.496 e. The highest BCUT2D eigenvalue weighted by Gasteiger charge is 2.40. The summed E-state index contributed by atoms with van der Waals surface area (Å²) < 4.78 is 5.46. The Balaban J connectivity index is 2.35. The Hall–Kier alpha value is -1.77. The zero-order valence-corrected chi connectivity index (χ0v) is 13.4. The smallest absolute Gasteiger partial charge is 0.210 e. The van der Waals surface area contributed by atoms with E-state index in [0.29, 0.717) is 0 Å². The number of ether oxygens (including phenoxy) is 1. The Labute approximate surface area is 127 Å². The lowest BCUT2D eigenvalue weighted by Gasteiger charge is -2.47. The van der Waals surface area contributed by atoms with Crippen LogP contribution >= 0.6 is 0 Å². The molecule has 0 aromatic heterocycles. The molecule has 2 rings (SSSR count). The molecule has 114 valence electrons. The third kappa shape index (κ3) is 2.97. The van der Waals surface area contributed by atoms with Crippen LogP contribution in [0.25, 0.3) is 0 Å². The van der Waals surface area contributed by atoms with Crippen molar-refractivity contribution < 1.29 is 9.53 Å². The highest BCUT2D eigenvalue weighted by molar-refractivity contribution is 5.50. The lowest BCUT2D eigenvalue weighted by Crippen LogP contribution is -2.51. The number of carbonyl (C=O) groups excluding carboxylic acids is 1. The minimum absolute atomic E-state index is 0.0191. The number of hydrogen-bond acceptors (Lipinski definition) is 2. The number of methoxy groups -OCH3 is 1. The minimum atomic E-state index is -0.0191. The van der Waals surface area contributed by atoms with Gasteiger partial charge >= 0.3 is 0 Å². The maximum absolute atomic E-state index is 11.5.